The summed E-state index contributed by atoms with van der Waals surface area (Å²) in [6.07, 6.45) is 1.02. The van der Waals surface area contributed by atoms with Crippen LogP contribution in [0.4, 0.5) is 5.69 Å². The lowest BCUT2D eigenvalue weighted by molar-refractivity contribution is 0.0993. The topological polar surface area (TPSA) is 53.0 Å². The molecule has 154 valence electrons. The monoisotopic (exact) mass is 434 g/mol. The summed E-state index contributed by atoms with van der Waals surface area (Å²) in [5.74, 6) is -0.0268. The summed E-state index contributed by atoms with van der Waals surface area (Å²) in [6, 6.07) is 11.5. The van der Waals surface area contributed by atoms with Crippen molar-refractivity contribution >= 4 is 48.1 Å². The number of hydrogen-bond acceptors (Lipinski definition) is 5. The lowest BCUT2D eigenvalue weighted by Gasteiger charge is -2.34. The highest BCUT2D eigenvalue weighted by molar-refractivity contribution is 6.60. The number of carbonyl (C=O) groups is 1. The molecule has 0 aliphatic carbocycles. The zero-order valence-corrected chi connectivity index (χ0v) is 18.0. The Morgan fingerprint density at radius 3 is 2.66 bits per heavy atom. The first-order chi connectivity index (χ1) is 13.5. The molecule has 0 aromatic heterocycles. The minimum Gasteiger partial charge on any atom is -0.423 e. The van der Waals surface area contributed by atoms with Gasteiger partial charge >= 0.3 is 7.12 Å². The van der Waals surface area contributed by atoms with Crippen LogP contribution >= 0.6 is 24.0 Å². The first-order valence-corrected chi connectivity index (χ1v) is 10.1. The van der Waals surface area contributed by atoms with Gasteiger partial charge in [0.05, 0.1) is 5.02 Å². The van der Waals surface area contributed by atoms with E-state index in [4.69, 9.17) is 16.3 Å². The van der Waals surface area contributed by atoms with Crippen LogP contribution in [-0.2, 0) is 17.5 Å². The lowest BCUT2D eigenvalue weighted by Crippen LogP contribution is -2.44. The average Bonchev–Trinajstić information content (AvgIpc) is 2.69. The van der Waals surface area contributed by atoms with Crippen molar-refractivity contribution < 1.29 is 14.5 Å². The molecule has 2 aromatic carbocycles. The van der Waals surface area contributed by atoms with Crippen LogP contribution in [0.1, 0.15) is 21.5 Å². The first-order valence-electron chi connectivity index (χ1n) is 9.69. The van der Waals surface area contributed by atoms with Crippen LogP contribution in [0.5, 0.6) is 0 Å². The van der Waals surface area contributed by atoms with Gasteiger partial charge < -0.3 is 19.5 Å². The normalized spacial score (nSPS) is 16.9. The SMILES string of the molecule is CN1CCN(c2ccc(C(=O)Cc3ccc4c(c3)B(O)OCC4)c(Cl)c2)CC1.Cl. The number of rotatable bonds is 4. The van der Waals surface area contributed by atoms with Gasteiger partial charge in [0.2, 0.25) is 0 Å². The molecule has 1 N–H and O–H groups in total. The molecular weight excluding hydrogens is 410 g/mol. The number of nitrogens with zero attached hydrogens (tertiary/aromatic N) is 2. The van der Waals surface area contributed by atoms with Crippen LogP contribution in [0.25, 0.3) is 0 Å². The Labute approximate surface area is 183 Å². The first kappa shape index (κ1) is 22.1. The van der Waals surface area contributed by atoms with Gasteiger partial charge in [-0.25, -0.2) is 0 Å². The van der Waals surface area contributed by atoms with Crippen LogP contribution in [0.3, 0.4) is 0 Å². The van der Waals surface area contributed by atoms with Crippen molar-refractivity contribution in [1.29, 1.82) is 0 Å². The number of hydrogen-bond donors (Lipinski definition) is 1. The third-order valence-electron chi connectivity index (χ3n) is 5.61. The minimum atomic E-state index is -0.912. The molecule has 29 heavy (non-hydrogen) atoms. The lowest BCUT2D eigenvalue weighted by atomic mass is 9.73. The molecule has 1 fully saturated rings. The fraction of sp³-hybridized carbons (Fsp3) is 0.381. The van der Waals surface area contributed by atoms with Gasteiger partial charge in [-0.2, -0.15) is 0 Å². The number of halogens is 2. The molecule has 4 rings (SSSR count). The third kappa shape index (κ3) is 4.96. The van der Waals surface area contributed by atoms with E-state index >= 15 is 0 Å². The van der Waals surface area contributed by atoms with Gasteiger partial charge in [0.15, 0.2) is 5.78 Å². The second-order valence-corrected chi connectivity index (χ2v) is 7.97. The maximum absolute atomic E-state index is 12.8. The van der Waals surface area contributed by atoms with Crippen LogP contribution in [0.2, 0.25) is 5.02 Å². The van der Waals surface area contributed by atoms with Gasteiger partial charge in [-0.05, 0) is 48.3 Å². The van der Waals surface area contributed by atoms with Crippen molar-refractivity contribution in [3.63, 3.8) is 0 Å². The van der Waals surface area contributed by atoms with Gasteiger partial charge in [-0.1, -0.05) is 29.8 Å². The van der Waals surface area contributed by atoms with E-state index in [2.05, 4.69) is 16.8 Å². The highest BCUT2D eigenvalue weighted by atomic mass is 35.5. The van der Waals surface area contributed by atoms with Crippen LogP contribution in [-0.4, -0.2) is 62.7 Å². The molecule has 2 aliphatic rings. The highest BCUT2D eigenvalue weighted by Gasteiger charge is 2.25. The summed E-state index contributed by atoms with van der Waals surface area (Å²) in [4.78, 5) is 17.4. The van der Waals surface area contributed by atoms with Crippen molar-refractivity contribution in [2.24, 2.45) is 0 Å². The summed E-state index contributed by atoms with van der Waals surface area (Å²) >= 11 is 6.46. The fourth-order valence-corrected chi connectivity index (χ4v) is 4.13. The van der Waals surface area contributed by atoms with Crippen LogP contribution in [0.15, 0.2) is 36.4 Å². The Morgan fingerprint density at radius 1 is 1.17 bits per heavy atom. The molecular formula is C21H25BCl2N2O3. The molecule has 2 heterocycles. The van der Waals surface area contributed by atoms with Crippen LogP contribution < -0.4 is 10.4 Å². The zero-order chi connectivity index (χ0) is 19.7. The molecule has 0 saturated carbocycles. The fourth-order valence-electron chi connectivity index (χ4n) is 3.85. The van der Waals surface area contributed by atoms with E-state index in [1.807, 2.05) is 36.4 Å². The van der Waals surface area contributed by atoms with E-state index in [-0.39, 0.29) is 24.6 Å². The highest BCUT2D eigenvalue weighted by Crippen LogP contribution is 2.26. The molecule has 0 bridgehead atoms. The molecule has 0 spiro atoms. The van der Waals surface area contributed by atoms with E-state index in [9.17, 15) is 9.82 Å². The van der Waals surface area contributed by atoms with Gasteiger partial charge in [0, 0.05) is 50.5 Å². The molecule has 1 saturated heterocycles. The van der Waals surface area contributed by atoms with Gasteiger partial charge in [-0.15, -0.1) is 12.4 Å². The third-order valence-corrected chi connectivity index (χ3v) is 5.92. The summed E-state index contributed by atoms with van der Waals surface area (Å²) < 4.78 is 5.29. The second kappa shape index (κ2) is 9.50. The van der Waals surface area contributed by atoms with Gasteiger partial charge in [-0.3, -0.25) is 4.79 Å². The summed E-state index contributed by atoms with van der Waals surface area (Å²) in [7, 11) is 1.21. The number of piperazine rings is 1. The summed E-state index contributed by atoms with van der Waals surface area (Å²) in [5.41, 5.74) is 4.28. The predicted molar refractivity (Wildman–Crippen MR) is 120 cm³/mol. The number of ketones is 1. The smallest absolute Gasteiger partial charge is 0.423 e. The zero-order valence-electron chi connectivity index (χ0n) is 16.4. The number of anilines is 1. The largest absolute Gasteiger partial charge is 0.491 e. The number of carbonyl (C=O) groups excluding carboxylic acids is 1. The number of fused-ring (bicyclic) bond motifs is 1. The molecule has 0 radical (unpaired) electrons. The van der Waals surface area contributed by atoms with E-state index in [1.165, 1.54) is 0 Å². The van der Waals surface area contributed by atoms with Crippen molar-refractivity contribution in [2.45, 2.75) is 12.8 Å². The maximum atomic E-state index is 12.8. The summed E-state index contributed by atoms with van der Waals surface area (Å²) in [5, 5.41) is 10.5. The van der Waals surface area contributed by atoms with Crippen molar-refractivity contribution in [1.82, 2.24) is 4.90 Å². The molecule has 0 unspecified atom stereocenters. The predicted octanol–water partition coefficient (Wildman–Crippen LogP) is 2.20. The Morgan fingerprint density at radius 2 is 1.93 bits per heavy atom. The molecule has 5 nitrogen and oxygen atoms in total. The maximum Gasteiger partial charge on any atom is 0.491 e. The number of Topliss-reactive ketones (excluding diaryl/α,β-unsaturated/α-hetero) is 1. The molecule has 2 aliphatic heterocycles. The van der Waals surface area contributed by atoms with Crippen molar-refractivity contribution in [2.75, 3.05) is 44.7 Å². The second-order valence-electron chi connectivity index (χ2n) is 7.56. The average molecular weight is 435 g/mol. The van der Waals surface area contributed by atoms with E-state index in [1.54, 1.807) is 0 Å². The van der Waals surface area contributed by atoms with Crippen molar-refractivity contribution in [3.8, 4) is 0 Å². The molecule has 8 heteroatoms. The minimum absolute atomic E-state index is 0. The molecule has 2 aromatic rings. The Balaban J connectivity index is 0.00000240. The Kier molecular flexibility index (Phi) is 7.25. The molecule has 0 atom stereocenters. The van der Waals surface area contributed by atoms with Crippen molar-refractivity contribution in [3.05, 3.63) is 58.1 Å². The number of likely N-dealkylation sites (N-methyl/N-ethyl adjacent to an activating group) is 1. The summed E-state index contributed by atoms with van der Waals surface area (Å²) in [6.45, 7) is 4.47. The number of benzene rings is 2. The Hall–Kier alpha value is -1.57. The van der Waals surface area contributed by atoms with Gasteiger partial charge in [0.1, 0.15) is 0 Å². The quantitative estimate of drug-likeness (QED) is 0.590. The Bertz CT molecular complexity index is 888. The van der Waals surface area contributed by atoms with E-state index in [0.717, 1.165) is 54.9 Å². The van der Waals surface area contributed by atoms with Crippen LogP contribution in [0, 0.1) is 0 Å². The van der Waals surface area contributed by atoms with E-state index < -0.39 is 7.12 Å². The van der Waals surface area contributed by atoms with E-state index in [0.29, 0.717) is 17.2 Å². The van der Waals surface area contributed by atoms with Gasteiger partial charge in [0.25, 0.3) is 0 Å². The standard InChI is InChI=1S/C21H24BClN2O3.ClH/c1-24-7-9-25(10-8-24)17-4-5-18(20(23)14-17)21(26)13-15-2-3-16-6-11-28-22(27)19(16)12-15;/h2-5,12,14,27H,6-11,13H2,1H3;1H. The molecule has 0 amide bonds.